The molecule has 2 aliphatic rings. The Balaban J connectivity index is 1.39. The van der Waals surface area contributed by atoms with Gasteiger partial charge in [0, 0.05) is 31.3 Å². The topological polar surface area (TPSA) is 67.9 Å². The highest BCUT2D eigenvalue weighted by Gasteiger charge is 2.34. The number of nitrogens with zero attached hydrogens (tertiary/aromatic N) is 1. The molecule has 6 heteroatoms. The summed E-state index contributed by atoms with van der Waals surface area (Å²) < 4.78 is 11.0. The van der Waals surface area contributed by atoms with Crippen LogP contribution in [0.15, 0.2) is 48.5 Å². The molecular weight excluding hydrogens is 332 g/mol. The van der Waals surface area contributed by atoms with Crippen molar-refractivity contribution in [1.82, 2.24) is 4.90 Å². The number of hydrogen-bond acceptors (Lipinski definition) is 4. The summed E-state index contributed by atoms with van der Waals surface area (Å²) in [6.45, 7) is 1.99. The molecular formula is C20H20N2O4. The van der Waals surface area contributed by atoms with Crippen molar-refractivity contribution in [3.05, 3.63) is 54.1 Å². The number of carbonyl (C=O) groups is 2. The fourth-order valence-electron chi connectivity index (χ4n) is 3.27. The molecule has 2 aromatic carbocycles. The normalized spacial score (nSPS) is 18.7. The quantitative estimate of drug-likeness (QED) is 0.918. The maximum atomic E-state index is 12.6. The Hall–Kier alpha value is -3.02. The van der Waals surface area contributed by atoms with Gasteiger partial charge in [-0.3, -0.25) is 9.59 Å². The summed E-state index contributed by atoms with van der Waals surface area (Å²) >= 11 is 0. The Bertz CT molecular complexity index is 822. The number of amides is 2. The predicted molar refractivity (Wildman–Crippen MR) is 96.0 cm³/mol. The standard InChI is InChI=1S/C20H20N2O4/c23-19-10-15(13-22(19)12-14-4-2-1-3-5-14)20(24)21-16-6-7-17-18(11-16)26-9-8-25-17/h1-7,11,15H,8-10,12-13H2,(H,21,24)/t15-/m1/s1. The number of fused-ring (bicyclic) bond motifs is 1. The molecule has 2 aliphatic heterocycles. The molecule has 0 radical (unpaired) electrons. The smallest absolute Gasteiger partial charge is 0.229 e. The maximum Gasteiger partial charge on any atom is 0.229 e. The molecule has 1 saturated heterocycles. The van der Waals surface area contributed by atoms with Crippen molar-refractivity contribution in [2.45, 2.75) is 13.0 Å². The molecule has 26 heavy (non-hydrogen) atoms. The van der Waals surface area contributed by atoms with Gasteiger partial charge in [0.2, 0.25) is 11.8 Å². The summed E-state index contributed by atoms with van der Waals surface area (Å²) in [4.78, 5) is 26.6. The Kier molecular flexibility index (Phi) is 4.48. The van der Waals surface area contributed by atoms with E-state index < -0.39 is 0 Å². The van der Waals surface area contributed by atoms with Crippen LogP contribution in [0.2, 0.25) is 0 Å². The van der Waals surface area contributed by atoms with Gasteiger partial charge in [0.1, 0.15) is 13.2 Å². The third-order valence-corrected chi connectivity index (χ3v) is 4.61. The van der Waals surface area contributed by atoms with Gasteiger partial charge in [-0.1, -0.05) is 30.3 Å². The van der Waals surface area contributed by atoms with Crippen LogP contribution in [0.4, 0.5) is 5.69 Å². The summed E-state index contributed by atoms with van der Waals surface area (Å²) in [6, 6.07) is 15.1. The molecule has 6 nitrogen and oxygen atoms in total. The third kappa shape index (κ3) is 3.49. The zero-order valence-corrected chi connectivity index (χ0v) is 14.3. The monoisotopic (exact) mass is 352 g/mol. The number of likely N-dealkylation sites (tertiary alicyclic amines) is 1. The van der Waals surface area contributed by atoms with Crippen molar-refractivity contribution in [2.75, 3.05) is 25.1 Å². The van der Waals surface area contributed by atoms with Crippen molar-refractivity contribution >= 4 is 17.5 Å². The first-order valence-corrected chi connectivity index (χ1v) is 8.71. The number of carbonyl (C=O) groups excluding carboxylic acids is 2. The van der Waals surface area contributed by atoms with Crippen LogP contribution in [0.1, 0.15) is 12.0 Å². The van der Waals surface area contributed by atoms with E-state index >= 15 is 0 Å². The number of ether oxygens (including phenoxy) is 2. The summed E-state index contributed by atoms with van der Waals surface area (Å²) in [7, 11) is 0. The molecule has 134 valence electrons. The van der Waals surface area contributed by atoms with Crippen LogP contribution >= 0.6 is 0 Å². The molecule has 0 bridgehead atoms. The van der Waals surface area contributed by atoms with Gasteiger partial charge in [0.15, 0.2) is 11.5 Å². The van der Waals surface area contributed by atoms with Gasteiger partial charge in [0.05, 0.1) is 5.92 Å². The lowest BCUT2D eigenvalue weighted by Crippen LogP contribution is -2.28. The summed E-state index contributed by atoms with van der Waals surface area (Å²) in [5.41, 5.74) is 1.71. The lowest BCUT2D eigenvalue weighted by atomic mass is 10.1. The first kappa shape index (κ1) is 16.4. The van der Waals surface area contributed by atoms with Gasteiger partial charge in [-0.25, -0.2) is 0 Å². The number of benzene rings is 2. The predicted octanol–water partition coefficient (Wildman–Crippen LogP) is 2.45. The van der Waals surface area contributed by atoms with E-state index in [4.69, 9.17) is 9.47 Å². The lowest BCUT2D eigenvalue weighted by Gasteiger charge is -2.19. The molecule has 0 aromatic heterocycles. The Labute approximate surface area is 151 Å². The lowest BCUT2D eigenvalue weighted by molar-refractivity contribution is -0.128. The van der Waals surface area contributed by atoms with Crippen molar-refractivity contribution in [3.8, 4) is 11.5 Å². The summed E-state index contributed by atoms with van der Waals surface area (Å²) in [5, 5.41) is 2.89. The van der Waals surface area contributed by atoms with E-state index in [1.54, 1.807) is 23.1 Å². The second-order valence-electron chi connectivity index (χ2n) is 6.51. The molecule has 1 atom stereocenters. The van der Waals surface area contributed by atoms with Crippen LogP contribution in [0, 0.1) is 5.92 Å². The van der Waals surface area contributed by atoms with Gasteiger partial charge in [-0.05, 0) is 17.7 Å². The summed E-state index contributed by atoms with van der Waals surface area (Å²) in [5.74, 6) is 0.822. The zero-order chi connectivity index (χ0) is 17.9. The highest BCUT2D eigenvalue weighted by atomic mass is 16.6. The third-order valence-electron chi connectivity index (χ3n) is 4.61. The SMILES string of the molecule is O=C(Nc1ccc2c(c1)OCCO2)[C@@H]1CC(=O)N(Cc2ccccc2)C1. The van der Waals surface area contributed by atoms with Crippen molar-refractivity contribution in [3.63, 3.8) is 0 Å². The molecule has 1 N–H and O–H groups in total. The largest absolute Gasteiger partial charge is 0.486 e. The highest BCUT2D eigenvalue weighted by Crippen LogP contribution is 2.33. The molecule has 2 aromatic rings. The van der Waals surface area contributed by atoms with E-state index in [1.165, 1.54) is 0 Å². The first-order chi connectivity index (χ1) is 12.7. The van der Waals surface area contributed by atoms with Crippen LogP contribution < -0.4 is 14.8 Å². The van der Waals surface area contributed by atoms with Crippen LogP contribution in [0.3, 0.4) is 0 Å². The number of nitrogens with one attached hydrogen (secondary N) is 1. The van der Waals surface area contributed by atoms with E-state index in [-0.39, 0.29) is 24.2 Å². The Morgan fingerprint density at radius 3 is 2.65 bits per heavy atom. The molecule has 4 rings (SSSR count). The molecule has 0 aliphatic carbocycles. The number of rotatable bonds is 4. The molecule has 0 saturated carbocycles. The van der Waals surface area contributed by atoms with Crippen LogP contribution in [-0.2, 0) is 16.1 Å². The van der Waals surface area contributed by atoms with E-state index in [0.717, 1.165) is 5.56 Å². The fourth-order valence-corrected chi connectivity index (χ4v) is 3.27. The van der Waals surface area contributed by atoms with Crippen LogP contribution in [0.5, 0.6) is 11.5 Å². The molecule has 2 heterocycles. The fraction of sp³-hybridized carbons (Fsp3) is 0.300. The van der Waals surface area contributed by atoms with Crippen molar-refractivity contribution in [1.29, 1.82) is 0 Å². The minimum absolute atomic E-state index is 0.0103. The van der Waals surface area contributed by atoms with Gasteiger partial charge in [-0.2, -0.15) is 0 Å². The first-order valence-electron chi connectivity index (χ1n) is 8.71. The molecule has 2 amide bonds. The summed E-state index contributed by atoms with van der Waals surface area (Å²) in [6.07, 6.45) is 0.239. The van der Waals surface area contributed by atoms with E-state index in [9.17, 15) is 9.59 Å². The maximum absolute atomic E-state index is 12.6. The molecule has 0 unspecified atom stereocenters. The van der Waals surface area contributed by atoms with Gasteiger partial charge < -0.3 is 19.7 Å². The highest BCUT2D eigenvalue weighted by molar-refractivity contribution is 5.97. The average Bonchev–Trinajstić information content (AvgIpc) is 3.03. The second kappa shape index (κ2) is 7.07. The van der Waals surface area contributed by atoms with E-state index in [2.05, 4.69) is 5.32 Å². The van der Waals surface area contributed by atoms with Crippen LogP contribution in [0.25, 0.3) is 0 Å². The number of hydrogen-bond donors (Lipinski definition) is 1. The minimum Gasteiger partial charge on any atom is -0.486 e. The van der Waals surface area contributed by atoms with E-state index in [1.807, 2.05) is 30.3 Å². The second-order valence-corrected chi connectivity index (χ2v) is 6.51. The van der Waals surface area contributed by atoms with Crippen LogP contribution in [-0.4, -0.2) is 36.5 Å². The van der Waals surface area contributed by atoms with Gasteiger partial charge in [-0.15, -0.1) is 0 Å². The minimum atomic E-state index is -0.348. The van der Waals surface area contributed by atoms with Gasteiger partial charge >= 0.3 is 0 Å². The molecule has 0 spiro atoms. The number of anilines is 1. The van der Waals surface area contributed by atoms with Gasteiger partial charge in [0.25, 0.3) is 0 Å². The Morgan fingerprint density at radius 1 is 1.08 bits per heavy atom. The average molecular weight is 352 g/mol. The van der Waals surface area contributed by atoms with Crippen molar-refractivity contribution < 1.29 is 19.1 Å². The van der Waals surface area contributed by atoms with E-state index in [0.29, 0.717) is 43.5 Å². The van der Waals surface area contributed by atoms with Crippen molar-refractivity contribution in [2.24, 2.45) is 5.92 Å². The Morgan fingerprint density at radius 2 is 1.85 bits per heavy atom. The zero-order valence-electron chi connectivity index (χ0n) is 14.3. The molecule has 1 fully saturated rings.